The smallest absolute Gasteiger partial charge is 0.274 e. The minimum Gasteiger partial charge on any atom is -0.317 e. The van der Waals surface area contributed by atoms with Gasteiger partial charge < -0.3 is 9.88 Å². The van der Waals surface area contributed by atoms with Crippen LogP contribution in [-0.2, 0) is 13.1 Å². The van der Waals surface area contributed by atoms with Gasteiger partial charge >= 0.3 is 0 Å². The van der Waals surface area contributed by atoms with Crippen molar-refractivity contribution in [2.75, 3.05) is 18.4 Å². The summed E-state index contributed by atoms with van der Waals surface area (Å²) in [5.41, 5.74) is 2.72. The summed E-state index contributed by atoms with van der Waals surface area (Å²) in [6.07, 6.45) is 4.16. The molecule has 0 aliphatic carbocycles. The predicted molar refractivity (Wildman–Crippen MR) is 115 cm³/mol. The number of piperidine rings is 1. The number of amides is 1. The molecule has 1 fully saturated rings. The molecule has 7 heteroatoms. The number of halogens is 1. The van der Waals surface area contributed by atoms with Gasteiger partial charge in [-0.05, 0) is 54.3 Å². The van der Waals surface area contributed by atoms with Crippen molar-refractivity contribution in [3.63, 3.8) is 0 Å². The Labute approximate surface area is 179 Å². The van der Waals surface area contributed by atoms with Gasteiger partial charge in [-0.3, -0.25) is 19.5 Å². The van der Waals surface area contributed by atoms with Crippen molar-refractivity contribution in [1.82, 2.24) is 14.5 Å². The van der Waals surface area contributed by atoms with Crippen molar-refractivity contribution in [1.29, 1.82) is 0 Å². The first-order valence-electron chi connectivity index (χ1n) is 10.5. The molecule has 0 unspecified atom stereocenters. The van der Waals surface area contributed by atoms with E-state index >= 15 is 0 Å². The van der Waals surface area contributed by atoms with Gasteiger partial charge in [0.15, 0.2) is 0 Å². The van der Waals surface area contributed by atoms with E-state index in [4.69, 9.17) is 0 Å². The number of hydrogen-bond donors (Lipinski definition) is 1. The van der Waals surface area contributed by atoms with E-state index < -0.39 is 0 Å². The Kier molecular flexibility index (Phi) is 5.11. The van der Waals surface area contributed by atoms with Crippen LogP contribution in [0.25, 0.3) is 0 Å². The molecular weight excluding hydrogens is 395 g/mol. The van der Waals surface area contributed by atoms with Crippen LogP contribution in [0.2, 0.25) is 0 Å². The molecule has 2 aliphatic rings. The normalized spacial score (nSPS) is 20.2. The summed E-state index contributed by atoms with van der Waals surface area (Å²) in [5.74, 6) is 0.0991. The third-order valence-corrected chi connectivity index (χ3v) is 6.19. The molecule has 5 rings (SSSR count). The maximum absolute atomic E-state index is 13.2. The van der Waals surface area contributed by atoms with E-state index in [0.717, 1.165) is 37.3 Å². The van der Waals surface area contributed by atoms with Crippen molar-refractivity contribution >= 4 is 11.6 Å². The van der Waals surface area contributed by atoms with Gasteiger partial charge in [-0.1, -0.05) is 12.1 Å². The third-order valence-electron chi connectivity index (χ3n) is 6.19. The Morgan fingerprint density at radius 2 is 1.81 bits per heavy atom. The lowest BCUT2D eigenvalue weighted by Gasteiger charge is -2.43. The minimum atomic E-state index is -0.318. The number of benzene rings is 1. The summed E-state index contributed by atoms with van der Waals surface area (Å²) in [6, 6.07) is 13.6. The SMILES string of the molecule is O=C(Nc1ccc2n(c1=O)C[C@H]1C[C@@H]2CN(Cc2ccc(F)cc2)C1)c1ccncc1. The van der Waals surface area contributed by atoms with Crippen molar-refractivity contribution in [3.8, 4) is 0 Å². The first-order valence-corrected chi connectivity index (χ1v) is 10.5. The largest absolute Gasteiger partial charge is 0.317 e. The fourth-order valence-electron chi connectivity index (χ4n) is 4.81. The van der Waals surface area contributed by atoms with E-state index in [9.17, 15) is 14.0 Å². The van der Waals surface area contributed by atoms with Crippen LogP contribution in [-0.4, -0.2) is 33.4 Å². The van der Waals surface area contributed by atoms with Crippen LogP contribution in [0.3, 0.4) is 0 Å². The van der Waals surface area contributed by atoms with Crippen LogP contribution in [0.15, 0.2) is 65.7 Å². The average Bonchev–Trinajstić information content (AvgIpc) is 2.78. The number of hydrogen-bond acceptors (Lipinski definition) is 4. The van der Waals surface area contributed by atoms with Gasteiger partial charge in [-0.2, -0.15) is 0 Å². The first kappa shape index (κ1) is 19.6. The molecule has 0 spiro atoms. The Morgan fingerprint density at radius 3 is 2.58 bits per heavy atom. The number of anilines is 1. The number of aromatic nitrogens is 2. The second-order valence-electron chi connectivity index (χ2n) is 8.40. The van der Waals surface area contributed by atoms with E-state index in [-0.39, 0.29) is 23.2 Å². The number of likely N-dealkylation sites (tertiary alicyclic amines) is 1. The lowest BCUT2D eigenvalue weighted by molar-refractivity contribution is 0.102. The summed E-state index contributed by atoms with van der Waals surface area (Å²) in [7, 11) is 0. The van der Waals surface area contributed by atoms with Crippen LogP contribution in [0.5, 0.6) is 0 Å². The molecule has 31 heavy (non-hydrogen) atoms. The maximum atomic E-state index is 13.2. The summed E-state index contributed by atoms with van der Waals surface area (Å²) >= 11 is 0. The maximum Gasteiger partial charge on any atom is 0.274 e. The molecule has 2 atom stereocenters. The van der Waals surface area contributed by atoms with Gasteiger partial charge in [0.25, 0.3) is 11.5 Å². The molecule has 1 amide bonds. The van der Waals surface area contributed by atoms with Gasteiger partial charge in [-0.25, -0.2) is 4.39 Å². The molecule has 2 bridgehead atoms. The first-order chi connectivity index (χ1) is 15.1. The average molecular weight is 418 g/mol. The fourth-order valence-corrected chi connectivity index (χ4v) is 4.81. The van der Waals surface area contributed by atoms with Gasteiger partial charge in [0.05, 0.1) is 0 Å². The summed E-state index contributed by atoms with van der Waals surface area (Å²) in [6.45, 7) is 3.17. The van der Waals surface area contributed by atoms with Crippen molar-refractivity contribution in [2.45, 2.75) is 25.4 Å². The highest BCUT2D eigenvalue weighted by molar-refractivity contribution is 6.04. The van der Waals surface area contributed by atoms with E-state index in [2.05, 4.69) is 15.2 Å². The molecule has 1 saturated heterocycles. The predicted octanol–water partition coefficient (Wildman–Crippen LogP) is 3.25. The molecule has 1 aromatic carbocycles. The summed E-state index contributed by atoms with van der Waals surface area (Å²) in [4.78, 5) is 31.9. The van der Waals surface area contributed by atoms with Crippen LogP contribution in [0.1, 0.15) is 34.0 Å². The Balaban J connectivity index is 1.34. The zero-order chi connectivity index (χ0) is 21.4. The van der Waals surface area contributed by atoms with Crippen molar-refractivity contribution in [2.24, 2.45) is 5.92 Å². The number of carbonyl (C=O) groups is 1. The molecule has 3 aromatic rings. The monoisotopic (exact) mass is 418 g/mol. The molecule has 0 saturated carbocycles. The Morgan fingerprint density at radius 1 is 1.03 bits per heavy atom. The molecule has 6 nitrogen and oxygen atoms in total. The second kappa shape index (κ2) is 8.07. The van der Waals surface area contributed by atoms with E-state index in [1.165, 1.54) is 12.1 Å². The molecule has 0 radical (unpaired) electrons. The number of pyridine rings is 2. The van der Waals surface area contributed by atoms with E-state index in [1.807, 2.05) is 22.8 Å². The highest BCUT2D eigenvalue weighted by Gasteiger charge is 2.35. The van der Waals surface area contributed by atoms with Crippen LogP contribution in [0, 0.1) is 11.7 Å². The molecule has 2 aliphatic heterocycles. The number of rotatable bonds is 4. The molecule has 4 heterocycles. The zero-order valence-corrected chi connectivity index (χ0v) is 17.0. The molecule has 158 valence electrons. The number of nitrogens with one attached hydrogen (secondary N) is 1. The van der Waals surface area contributed by atoms with Crippen molar-refractivity contribution in [3.05, 3.63) is 93.9 Å². The fraction of sp³-hybridized carbons (Fsp3) is 0.292. The van der Waals surface area contributed by atoms with Gasteiger partial charge in [-0.15, -0.1) is 0 Å². The van der Waals surface area contributed by atoms with Gasteiger partial charge in [0.2, 0.25) is 0 Å². The van der Waals surface area contributed by atoms with Crippen LogP contribution in [0.4, 0.5) is 10.1 Å². The van der Waals surface area contributed by atoms with Gasteiger partial charge in [0.1, 0.15) is 11.5 Å². The lowest BCUT2D eigenvalue weighted by Crippen LogP contribution is -2.47. The number of nitrogens with zero attached hydrogens (tertiary/aromatic N) is 3. The van der Waals surface area contributed by atoms with Crippen molar-refractivity contribution < 1.29 is 9.18 Å². The number of carbonyl (C=O) groups excluding carboxylic acids is 1. The Bertz CT molecular complexity index is 1160. The summed E-state index contributed by atoms with van der Waals surface area (Å²) < 4.78 is 15.0. The zero-order valence-electron chi connectivity index (χ0n) is 17.0. The number of fused-ring (bicyclic) bond motifs is 4. The van der Waals surface area contributed by atoms with Gasteiger partial charge in [0, 0.05) is 55.7 Å². The van der Waals surface area contributed by atoms with E-state index in [0.29, 0.717) is 23.7 Å². The van der Waals surface area contributed by atoms with E-state index in [1.54, 1.807) is 30.6 Å². The highest BCUT2D eigenvalue weighted by Crippen LogP contribution is 2.36. The Hall–Kier alpha value is -3.32. The van der Waals surface area contributed by atoms with Crippen LogP contribution >= 0.6 is 0 Å². The lowest BCUT2D eigenvalue weighted by atomic mass is 9.83. The third kappa shape index (κ3) is 4.01. The molecule has 2 aromatic heterocycles. The van der Waals surface area contributed by atoms with Crippen LogP contribution < -0.4 is 10.9 Å². The quantitative estimate of drug-likeness (QED) is 0.706. The molecular formula is C24H23FN4O2. The highest BCUT2D eigenvalue weighted by atomic mass is 19.1. The second-order valence-corrected chi connectivity index (χ2v) is 8.40. The summed E-state index contributed by atoms with van der Waals surface area (Å²) in [5, 5.41) is 2.75. The minimum absolute atomic E-state index is 0.151. The topological polar surface area (TPSA) is 67.2 Å². The molecule has 1 N–H and O–H groups in total. The standard InChI is InChI=1S/C24H23FN4O2/c25-20-3-1-16(2-4-20)12-28-13-17-11-19(15-28)22-6-5-21(24(31)29(22)14-17)27-23(30)18-7-9-26-10-8-18/h1-10,17,19H,11-15H2,(H,27,30)/t17-,19+/m0/s1.